The molecular weight excluding hydrogens is 366 g/mol. The lowest BCUT2D eigenvalue weighted by atomic mass is 10.2. The van der Waals surface area contributed by atoms with Gasteiger partial charge in [0.25, 0.3) is 0 Å². The third-order valence-electron chi connectivity index (χ3n) is 4.15. The molecule has 0 N–H and O–H groups in total. The van der Waals surface area contributed by atoms with Crippen molar-refractivity contribution in [2.45, 2.75) is 32.4 Å². The number of fused-ring (bicyclic) bond motifs is 1. The lowest BCUT2D eigenvalue weighted by Gasteiger charge is -2.16. The molecule has 0 aliphatic rings. The molecule has 0 unspecified atom stereocenters. The molecule has 0 radical (unpaired) electrons. The van der Waals surface area contributed by atoms with E-state index in [4.69, 9.17) is 16.3 Å². The Morgan fingerprint density at radius 3 is 2.69 bits per heavy atom. The van der Waals surface area contributed by atoms with E-state index in [1.165, 1.54) is 0 Å². The fourth-order valence-electron chi connectivity index (χ4n) is 2.62. The lowest BCUT2D eigenvalue weighted by molar-refractivity contribution is 0.0908. The number of aromatic nitrogens is 3. The largest absolute Gasteiger partial charge is 0.361 e. The first kappa shape index (κ1) is 18.8. The van der Waals surface area contributed by atoms with Crippen LogP contribution in [0.4, 0.5) is 0 Å². The molecule has 0 aliphatic carbocycles. The zero-order chi connectivity index (χ0) is 18.7. The van der Waals surface area contributed by atoms with Crippen LogP contribution >= 0.6 is 11.6 Å². The number of hydrogen-bond donors (Lipinski definition) is 0. The Bertz CT molecular complexity index is 917. The smallest absolute Gasteiger partial charge is 0.151 e. The van der Waals surface area contributed by atoms with Crippen LogP contribution in [0.15, 0.2) is 36.7 Å². The Morgan fingerprint density at radius 1 is 1.23 bits per heavy atom. The minimum absolute atomic E-state index is 0.383. The topological polar surface area (TPSA) is 57.0 Å². The maximum Gasteiger partial charge on any atom is 0.151 e. The van der Waals surface area contributed by atoms with Gasteiger partial charge in [-0.15, -0.1) is 0 Å². The molecule has 5 nitrogen and oxygen atoms in total. The van der Waals surface area contributed by atoms with Gasteiger partial charge in [-0.3, -0.25) is 14.3 Å². The van der Waals surface area contributed by atoms with E-state index in [9.17, 15) is 4.79 Å². The molecule has 3 aromatic heterocycles. The highest BCUT2D eigenvalue weighted by Crippen LogP contribution is 2.30. The number of aldehydes is 1. The highest BCUT2D eigenvalue weighted by atomic mass is 35.5. The van der Waals surface area contributed by atoms with E-state index in [2.05, 4.69) is 29.6 Å². The second-order valence-corrected chi connectivity index (χ2v) is 13.5. The van der Waals surface area contributed by atoms with Gasteiger partial charge in [0.05, 0.1) is 16.4 Å². The summed E-state index contributed by atoms with van der Waals surface area (Å²) in [6.07, 6.45) is 4.03. The second kappa shape index (κ2) is 7.69. The molecule has 136 valence electrons. The summed E-state index contributed by atoms with van der Waals surface area (Å²) in [5.41, 5.74) is 2.92. The minimum atomic E-state index is -1.15. The van der Waals surface area contributed by atoms with Crippen LogP contribution in [-0.2, 0) is 11.5 Å². The van der Waals surface area contributed by atoms with Crippen molar-refractivity contribution in [3.8, 4) is 11.4 Å². The Balaban J connectivity index is 1.95. The quantitative estimate of drug-likeness (QED) is 0.329. The predicted molar refractivity (Wildman–Crippen MR) is 107 cm³/mol. The van der Waals surface area contributed by atoms with Gasteiger partial charge in [-0.1, -0.05) is 31.2 Å². The van der Waals surface area contributed by atoms with Crippen LogP contribution < -0.4 is 0 Å². The minimum Gasteiger partial charge on any atom is -0.361 e. The van der Waals surface area contributed by atoms with Crippen molar-refractivity contribution in [2.75, 3.05) is 6.61 Å². The number of nitrogens with zero attached hydrogens (tertiary/aromatic N) is 3. The fourth-order valence-corrected chi connectivity index (χ4v) is 3.57. The highest BCUT2D eigenvalue weighted by molar-refractivity contribution is 6.76. The highest BCUT2D eigenvalue weighted by Gasteiger charge is 2.16. The van der Waals surface area contributed by atoms with Crippen LogP contribution in [0.3, 0.4) is 0 Å². The van der Waals surface area contributed by atoms with Gasteiger partial charge in [-0.25, -0.2) is 4.98 Å². The maximum atomic E-state index is 10.9. The number of rotatable bonds is 7. The van der Waals surface area contributed by atoms with Crippen LogP contribution in [0.5, 0.6) is 0 Å². The molecule has 0 spiro atoms. The zero-order valence-electron chi connectivity index (χ0n) is 15.2. The van der Waals surface area contributed by atoms with Gasteiger partial charge in [-0.2, -0.15) is 0 Å². The number of hydrogen-bond acceptors (Lipinski definition) is 4. The first-order valence-corrected chi connectivity index (χ1v) is 12.6. The Hall–Kier alpha value is -2.02. The molecule has 0 bridgehead atoms. The Kier molecular flexibility index (Phi) is 5.55. The predicted octanol–water partition coefficient (Wildman–Crippen LogP) is 4.88. The molecule has 0 atom stereocenters. The van der Waals surface area contributed by atoms with Crippen molar-refractivity contribution < 1.29 is 9.53 Å². The molecule has 0 aromatic carbocycles. The van der Waals surface area contributed by atoms with Gasteiger partial charge in [0.15, 0.2) is 6.29 Å². The first-order valence-electron chi connectivity index (χ1n) is 8.52. The molecule has 0 amide bonds. The van der Waals surface area contributed by atoms with Crippen LogP contribution in [0, 0.1) is 0 Å². The van der Waals surface area contributed by atoms with Crippen LogP contribution in [0.25, 0.3) is 22.4 Å². The molecule has 26 heavy (non-hydrogen) atoms. The molecule has 3 rings (SSSR count). The lowest BCUT2D eigenvalue weighted by Crippen LogP contribution is -2.22. The van der Waals surface area contributed by atoms with Crippen LogP contribution in [-0.4, -0.2) is 35.5 Å². The molecule has 0 fully saturated rings. The third kappa shape index (κ3) is 4.20. The molecule has 0 saturated heterocycles. The summed E-state index contributed by atoms with van der Waals surface area (Å²) in [4.78, 5) is 19.7. The molecule has 3 aromatic rings. The number of carbonyl (C=O) groups is 1. The summed E-state index contributed by atoms with van der Waals surface area (Å²) in [5.74, 6) is 0. The van der Waals surface area contributed by atoms with E-state index in [1.807, 2.05) is 16.7 Å². The van der Waals surface area contributed by atoms with Crippen molar-refractivity contribution in [3.63, 3.8) is 0 Å². The molecule has 0 saturated carbocycles. The van der Waals surface area contributed by atoms with E-state index >= 15 is 0 Å². The average Bonchev–Trinajstić information content (AvgIpc) is 2.98. The average molecular weight is 388 g/mol. The molecule has 7 heteroatoms. The van der Waals surface area contributed by atoms with E-state index in [1.54, 1.807) is 24.5 Å². The Morgan fingerprint density at radius 2 is 2.04 bits per heavy atom. The monoisotopic (exact) mass is 387 g/mol. The number of carbonyl (C=O) groups excluding carboxylic acids is 1. The summed E-state index contributed by atoms with van der Waals surface area (Å²) < 4.78 is 7.92. The van der Waals surface area contributed by atoms with E-state index in [0.717, 1.165) is 34.8 Å². The van der Waals surface area contributed by atoms with E-state index in [-0.39, 0.29) is 0 Å². The molecule has 3 heterocycles. The van der Waals surface area contributed by atoms with Gasteiger partial charge >= 0.3 is 0 Å². The number of halogens is 1. The van der Waals surface area contributed by atoms with Gasteiger partial charge in [0.1, 0.15) is 12.4 Å². The Labute approximate surface area is 159 Å². The van der Waals surface area contributed by atoms with E-state index in [0.29, 0.717) is 23.9 Å². The zero-order valence-corrected chi connectivity index (χ0v) is 17.0. The van der Waals surface area contributed by atoms with Crippen LogP contribution in [0.2, 0.25) is 30.7 Å². The summed E-state index contributed by atoms with van der Waals surface area (Å²) in [6.45, 7) is 8.08. The summed E-state index contributed by atoms with van der Waals surface area (Å²) >= 11 is 6.34. The second-order valence-electron chi connectivity index (χ2n) is 7.43. The summed E-state index contributed by atoms with van der Waals surface area (Å²) in [6, 6.07) is 8.41. The van der Waals surface area contributed by atoms with Crippen molar-refractivity contribution in [1.82, 2.24) is 14.5 Å². The number of ether oxygens (including phenoxy) is 1. The van der Waals surface area contributed by atoms with Gasteiger partial charge in [-0.05, 0) is 30.3 Å². The van der Waals surface area contributed by atoms with Gasteiger partial charge in [0, 0.05) is 38.0 Å². The maximum absolute atomic E-state index is 10.9. The molecular formula is C19H22ClN3O2Si. The molecule has 0 aliphatic heterocycles. The SMILES string of the molecule is C[Si](C)(C)CCOCn1c(-c2ccc(C=O)cn2)cc2c(Cl)ccnc21. The van der Waals surface area contributed by atoms with Gasteiger partial charge < -0.3 is 4.74 Å². The van der Waals surface area contributed by atoms with Crippen molar-refractivity contribution in [2.24, 2.45) is 0 Å². The first-order chi connectivity index (χ1) is 12.4. The fraction of sp³-hybridized carbons (Fsp3) is 0.316. The summed E-state index contributed by atoms with van der Waals surface area (Å²) in [5, 5.41) is 1.50. The van der Waals surface area contributed by atoms with Crippen molar-refractivity contribution in [3.05, 3.63) is 47.2 Å². The summed E-state index contributed by atoms with van der Waals surface area (Å²) in [7, 11) is -1.15. The standard InChI is InChI=1S/C19H22ClN3O2Si/c1-26(2,3)9-8-25-13-23-18(17-5-4-14(12-24)11-22-17)10-15-16(20)6-7-21-19(15)23/h4-7,10-12H,8-9,13H2,1-3H3. The van der Waals surface area contributed by atoms with Crippen molar-refractivity contribution in [1.29, 1.82) is 0 Å². The van der Waals surface area contributed by atoms with Gasteiger partial charge in [0.2, 0.25) is 0 Å². The van der Waals surface area contributed by atoms with Crippen LogP contribution in [0.1, 0.15) is 10.4 Å². The normalized spacial score (nSPS) is 11.8. The van der Waals surface area contributed by atoms with E-state index < -0.39 is 8.07 Å². The third-order valence-corrected chi connectivity index (χ3v) is 6.18. The van der Waals surface area contributed by atoms with Crippen molar-refractivity contribution >= 4 is 37.0 Å². The number of pyridine rings is 2.